The molecular weight excluding hydrogens is 273 g/mol. The smallest absolute Gasteiger partial charge is 0.329 e. The van der Waals surface area contributed by atoms with Gasteiger partial charge < -0.3 is 9.38 Å². The summed E-state index contributed by atoms with van der Waals surface area (Å²) < 4.78 is 21.9. The summed E-state index contributed by atoms with van der Waals surface area (Å²) in [4.78, 5) is 9.41. The van der Waals surface area contributed by atoms with E-state index >= 15 is 0 Å². The van der Waals surface area contributed by atoms with Crippen LogP contribution in [0.1, 0.15) is 25.7 Å². The van der Waals surface area contributed by atoms with Gasteiger partial charge in [0.05, 0.1) is 27.7 Å². The maximum absolute atomic E-state index is 11.5. The molecule has 1 unspecified atom stereocenters. The molecule has 0 aliphatic rings. The Bertz CT molecular complexity index is 258. The van der Waals surface area contributed by atoms with Gasteiger partial charge in [0.1, 0.15) is 13.2 Å². The highest BCUT2D eigenvalue weighted by molar-refractivity contribution is 7.80. The second-order valence-corrected chi connectivity index (χ2v) is 7.19. The Balaban J connectivity index is 3.58. The Labute approximate surface area is 116 Å². The summed E-state index contributed by atoms with van der Waals surface area (Å²) in [5.41, 5.74) is 0. The largest absolute Gasteiger partial charge is 0.472 e. The number of hydrogen-bond acceptors (Lipinski definition) is 4. The third-order valence-electron chi connectivity index (χ3n) is 2.32. The fourth-order valence-electron chi connectivity index (χ4n) is 1.21. The molecule has 0 rings (SSSR count). The number of thiol groups is 1. The van der Waals surface area contributed by atoms with Gasteiger partial charge in [-0.15, -0.1) is 0 Å². The van der Waals surface area contributed by atoms with Gasteiger partial charge in [-0.1, -0.05) is 12.8 Å². The van der Waals surface area contributed by atoms with E-state index in [4.69, 9.17) is 9.05 Å². The molecule has 1 N–H and O–H groups in total. The topological polar surface area (TPSA) is 55.8 Å². The summed E-state index contributed by atoms with van der Waals surface area (Å²) in [6.07, 6.45) is 3.90. The van der Waals surface area contributed by atoms with Gasteiger partial charge in [-0.05, 0) is 18.6 Å². The van der Waals surface area contributed by atoms with E-state index in [1.807, 2.05) is 21.1 Å². The molecule has 0 saturated heterocycles. The van der Waals surface area contributed by atoms with Crippen molar-refractivity contribution in [2.75, 3.05) is 46.7 Å². The lowest BCUT2D eigenvalue weighted by Crippen LogP contribution is -2.37. The zero-order chi connectivity index (χ0) is 14.1. The highest BCUT2D eigenvalue weighted by atomic mass is 32.1. The first-order valence-electron chi connectivity index (χ1n) is 6.30. The van der Waals surface area contributed by atoms with Crippen LogP contribution in [0.25, 0.3) is 0 Å². The maximum atomic E-state index is 11.5. The van der Waals surface area contributed by atoms with Gasteiger partial charge in [0.25, 0.3) is 0 Å². The van der Waals surface area contributed by atoms with Crippen LogP contribution in [0.15, 0.2) is 0 Å². The number of rotatable bonds is 11. The molecule has 0 amide bonds. The van der Waals surface area contributed by atoms with Gasteiger partial charge in [0.15, 0.2) is 0 Å². The Morgan fingerprint density at radius 3 is 2.17 bits per heavy atom. The van der Waals surface area contributed by atoms with Gasteiger partial charge in [0, 0.05) is 0 Å². The molecule has 0 aromatic rings. The minimum absolute atomic E-state index is 0.219. The van der Waals surface area contributed by atoms with E-state index in [1.54, 1.807) is 0 Å². The first-order chi connectivity index (χ1) is 8.27. The van der Waals surface area contributed by atoms with E-state index in [0.29, 0.717) is 11.0 Å². The van der Waals surface area contributed by atoms with Gasteiger partial charge >= 0.3 is 7.82 Å². The first-order valence-corrected chi connectivity index (χ1v) is 8.43. The molecule has 0 heterocycles. The van der Waals surface area contributed by atoms with E-state index in [1.165, 1.54) is 0 Å². The minimum atomic E-state index is -3.86. The van der Waals surface area contributed by atoms with E-state index in [0.717, 1.165) is 31.4 Å². The normalized spacial score (nSPS) is 15.6. The van der Waals surface area contributed by atoms with Crippen molar-refractivity contribution in [2.45, 2.75) is 25.7 Å². The Hall–Kier alpha value is 0.420. The predicted octanol–water partition coefficient (Wildman–Crippen LogP) is 2.32. The molecule has 7 heteroatoms. The van der Waals surface area contributed by atoms with E-state index in [-0.39, 0.29) is 13.2 Å². The lowest BCUT2D eigenvalue weighted by molar-refractivity contribution is -0.870. The number of quaternary nitrogens is 1. The van der Waals surface area contributed by atoms with E-state index < -0.39 is 7.82 Å². The number of unbranched alkanes of at least 4 members (excludes halogenated alkanes) is 3. The standard InChI is InChI=1S/C11H26NO4PS/c1-12(2,3)8-10-16-17(13,14)15-9-6-4-5-7-11-18/h4-11H2,1-3H3,(H-,13,14,18)/p+1. The Morgan fingerprint density at radius 1 is 1.06 bits per heavy atom. The third kappa shape index (κ3) is 12.9. The van der Waals surface area contributed by atoms with Crippen LogP contribution in [0.5, 0.6) is 0 Å². The highest BCUT2D eigenvalue weighted by Crippen LogP contribution is 2.43. The van der Waals surface area contributed by atoms with Crippen molar-refractivity contribution in [1.29, 1.82) is 0 Å². The predicted molar refractivity (Wildman–Crippen MR) is 76.9 cm³/mol. The van der Waals surface area contributed by atoms with Crippen LogP contribution in [0.2, 0.25) is 0 Å². The molecule has 18 heavy (non-hydrogen) atoms. The lowest BCUT2D eigenvalue weighted by atomic mass is 10.2. The van der Waals surface area contributed by atoms with Crippen molar-refractivity contribution in [1.82, 2.24) is 0 Å². The van der Waals surface area contributed by atoms with Gasteiger partial charge in [0.2, 0.25) is 0 Å². The van der Waals surface area contributed by atoms with Gasteiger partial charge in [-0.2, -0.15) is 12.6 Å². The van der Waals surface area contributed by atoms with Gasteiger partial charge in [-0.3, -0.25) is 9.05 Å². The molecule has 0 aliphatic heterocycles. The average molecular weight is 300 g/mol. The molecule has 0 aliphatic carbocycles. The summed E-state index contributed by atoms with van der Waals surface area (Å²) in [7, 11) is 2.12. The van der Waals surface area contributed by atoms with Crippen LogP contribution in [0.4, 0.5) is 0 Å². The molecule has 110 valence electrons. The van der Waals surface area contributed by atoms with Crippen LogP contribution >= 0.6 is 20.5 Å². The molecule has 0 spiro atoms. The van der Waals surface area contributed by atoms with E-state index in [2.05, 4.69) is 12.6 Å². The lowest BCUT2D eigenvalue weighted by Gasteiger charge is -2.24. The zero-order valence-corrected chi connectivity index (χ0v) is 13.5. The molecule has 0 aromatic carbocycles. The van der Waals surface area contributed by atoms with Crippen molar-refractivity contribution in [3.63, 3.8) is 0 Å². The maximum Gasteiger partial charge on any atom is 0.472 e. The number of hydrogen-bond donors (Lipinski definition) is 2. The summed E-state index contributed by atoms with van der Waals surface area (Å²) in [6.45, 7) is 1.15. The molecule has 0 aromatic heterocycles. The zero-order valence-electron chi connectivity index (χ0n) is 11.7. The van der Waals surface area contributed by atoms with Crippen LogP contribution in [0.3, 0.4) is 0 Å². The quantitative estimate of drug-likeness (QED) is 0.266. The van der Waals surface area contributed by atoms with Gasteiger partial charge in [-0.25, -0.2) is 4.57 Å². The molecule has 0 saturated carbocycles. The number of phosphoric ester groups is 1. The second-order valence-electron chi connectivity index (χ2n) is 5.29. The van der Waals surface area contributed by atoms with Crippen molar-refractivity contribution < 1.29 is 23.0 Å². The van der Waals surface area contributed by atoms with Crippen molar-refractivity contribution >= 4 is 20.5 Å². The number of phosphoric acid groups is 1. The van der Waals surface area contributed by atoms with Crippen molar-refractivity contribution in [3.8, 4) is 0 Å². The second kappa shape index (κ2) is 9.34. The summed E-state index contributed by atoms with van der Waals surface area (Å²) >= 11 is 4.12. The Kier molecular flexibility index (Phi) is 9.56. The summed E-state index contributed by atoms with van der Waals surface area (Å²) in [5.74, 6) is 0.882. The fraction of sp³-hybridized carbons (Fsp3) is 1.00. The SMILES string of the molecule is C[N+](C)(C)CCOP(=O)(O)OCCCCCCS. The number of likely N-dealkylation sites (N-methyl/N-ethyl adjacent to an activating group) is 1. The monoisotopic (exact) mass is 300 g/mol. The Morgan fingerprint density at radius 2 is 1.61 bits per heavy atom. The van der Waals surface area contributed by atoms with Crippen LogP contribution in [-0.2, 0) is 13.6 Å². The molecule has 0 bridgehead atoms. The summed E-state index contributed by atoms with van der Waals surface area (Å²) in [6, 6.07) is 0. The molecular formula is C11H27NO4PS+. The third-order valence-corrected chi connectivity index (χ3v) is 3.66. The highest BCUT2D eigenvalue weighted by Gasteiger charge is 2.21. The molecule has 0 fully saturated rings. The molecule has 0 radical (unpaired) electrons. The minimum Gasteiger partial charge on any atom is -0.329 e. The first kappa shape index (κ1) is 18.4. The molecule has 1 atom stereocenters. The van der Waals surface area contributed by atoms with Crippen LogP contribution in [0, 0.1) is 0 Å². The van der Waals surface area contributed by atoms with Crippen LogP contribution < -0.4 is 0 Å². The number of nitrogens with zero attached hydrogens (tertiary/aromatic N) is 1. The van der Waals surface area contributed by atoms with Crippen LogP contribution in [-0.4, -0.2) is 56.0 Å². The van der Waals surface area contributed by atoms with Crippen molar-refractivity contribution in [3.05, 3.63) is 0 Å². The fourth-order valence-corrected chi connectivity index (χ4v) is 2.18. The van der Waals surface area contributed by atoms with E-state index in [9.17, 15) is 9.46 Å². The summed E-state index contributed by atoms with van der Waals surface area (Å²) in [5, 5.41) is 0. The van der Waals surface area contributed by atoms with Crippen molar-refractivity contribution in [2.24, 2.45) is 0 Å². The average Bonchev–Trinajstić information content (AvgIpc) is 2.21. The molecule has 5 nitrogen and oxygen atoms in total.